The average Bonchev–Trinajstić information content (AvgIpc) is 3.02. The van der Waals surface area contributed by atoms with Crippen LogP contribution >= 0.6 is 0 Å². The molecule has 0 fully saturated rings. The normalized spacial score (nSPS) is 18.0. The van der Waals surface area contributed by atoms with Crippen LogP contribution in [0.1, 0.15) is 41.5 Å². The summed E-state index contributed by atoms with van der Waals surface area (Å²) < 4.78 is 7.35. The van der Waals surface area contributed by atoms with E-state index in [0.29, 0.717) is 11.7 Å². The van der Waals surface area contributed by atoms with Crippen LogP contribution in [0.4, 0.5) is 0 Å². The summed E-state index contributed by atoms with van der Waals surface area (Å²) >= 11 is 0. The van der Waals surface area contributed by atoms with Crippen LogP contribution < -0.4 is 5.32 Å². The zero-order valence-corrected chi connectivity index (χ0v) is 11.0. The minimum absolute atomic E-state index is 0.369. The number of furan rings is 1. The van der Waals surface area contributed by atoms with Crippen LogP contribution in [0, 0.1) is 11.3 Å². The van der Waals surface area contributed by atoms with Crippen molar-refractivity contribution in [3.05, 3.63) is 47.2 Å². The van der Waals surface area contributed by atoms with E-state index in [1.165, 1.54) is 5.56 Å². The van der Waals surface area contributed by atoms with Gasteiger partial charge in [-0.1, -0.05) is 0 Å². The van der Waals surface area contributed by atoms with Crippen LogP contribution in [-0.4, -0.2) is 4.57 Å². The Hall–Kier alpha value is -1.99. The number of aromatic nitrogens is 1. The van der Waals surface area contributed by atoms with E-state index in [9.17, 15) is 0 Å². The van der Waals surface area contributed by atoms with E-state index >= 15 is 0 Å². The number of nitrogens with zero attached hydrogens (tertiary/aromatic N) is 2. The van der Waals surface area contributed by atoms with Gasteiger partial charge in [0, 0.05) is 37.8 Å². The second-order valence-electron chi connectivity index (χ2n) is 5.08. The topological polar surface area (TPSA) is 53.9 Å². The van der Waals surface area contributed by atoms with Gasteiger partial charge in [-0.15, -0.1) is 0 Å². The lowest BCUT2D eigenvalue weighted by atomic mass is 9.93. The Bertz CT molecular complexity index is 618. The molecule has 1 unspecified atom stereocenters. The molecule has 1 aliphatic carbocycles. The lowest BCUT2D eigenvalue weighted by Gasteiger charge is -2.22. The Kier molecular flexibility index (Phi) is 3.14. The van der Waals surface area contributed by atoms with Crippen molar-refractivity contribution in [3.8, 4) is 6.07 Å². The van der Waals surface area contributed by atoms with Crippen molar-refractivity contribution < 1.29 is 4.42 Å². The van der Waals surface area contributed by atoms with Crippen molar-refractivity contribution in [2.45, 2.75) is 31.8 Å². The summed E-state index contributed by atoms with van der Waals surface area (Å²) in [5.74, 6) is 1.12. The lowest BCUT2D eigenvalue weighted by molar-refractivity contribution is 0.411. The molecule has 4 nitrogen and oxygen atoms in total. The van der Waals surface area contributed by atoms with Crippen molar-refractivity contribution in [3.63, 3.8) is 0 Å². The molecule has 0 spiro atoms. The molecule has 0 aliphatic heterocycles. The zero-order valence-electron chi connectivity index (χ0n) is 11.0. The molecule has 2 aromatic heterocycles. The van der Waals surface area contributed by atoms with Crippen molar-refractivity contribution in [2.75, 3.05) is 0 Å². The van der Waals surface area contributed by atoms with Gasteiger partial charge in [0.25, 0.3) is 0 Å². The Balaban J connectivity index is 1.69. The third kappa shape index (κ3) is 2.29. The molecular weight excluding hydrogens is 238 g/mol. The molecule has 3 rings (SSSR count). The summed E-state index contributed by atoms with van der Waals surface area (Å²) in [4.78, 5) is 0. The summed E-state index contributed by atoms with van der Waals surface area (Å²) in [6.07, 6.45) is 7.14. The first-order chi connectivity index (χ1) is 9.28. The van der Waals surface area contributed by atoms with Gasteiger partial charge in [-0.3, -0.25) is 0 Å². The van der Waals surface area contributed by atoms with Gasteiger partial charge in [0.15, 0.2) is 0 Å². The van der Waals surface area contributed by atoms with Crippen molar-refractivity contribution >= 4 is 0 Å². The van der Waals surface area contributed by atoms with Gasteiger partial charge in [0.2, 0.25) is 0 Å². The summed E-state index contributed by atoms with van der Waals surface area (Å²) in [7, 11) is 1.90. The molecule has 98 valence electrons. The molecule has 2 aromatic rings. The minimum atomic E-state index is 0.369. The van der Waals surface area contributed by atoms with Gasteiger partial charge in [-0.2, -0.15) is 5.26 Å². The minimum Gasteiger partial charge on any atom is -0.469 e. The van der Waals surface area contributed by atoms with Gasteiger partial charge in [0.05, 0.1) is 6.26 Å². The molecule has 4 heteroatoms. The number of rotatable bonds is 3. The van der Waals surface area contributed by atoms with Crippen LogP contribution in [0.25, 0.3) is 0 Å². The third-order valence-electron chi connectivity index (χ3n) is 3.78. The second-order valence-corrected chi connectivity index (χ2v) is 5.08. The second kappa shape index (κ2) is 4.94. The third-order valence-corrected chi connectivity index (χ3v) is 3.78. The molecule has 0 saturated carbocycles. The fourth-order valence-electron chi connectivity index (χ4n) is 2.78. The van der Waals surface area contributed by atoms with Gasteiger partial charge < -0.3 is 14.3 Å². The summed E-state index contributed by atoms with van der Waals surface area (Å²) in [6, 6.07) is 6.56. The van der Waals surface area contributed by atoms with Crippen LogP contribution in [0.3, 0.4) is 0 Å². The van der Waals surface area contributed by atoms with Crippen LogP contribution in [-0.2, 0) is 20.0 Å². The first kappa shape index (κ1) is 12.1. The zero-order chi connectivity index (χ0) is 13.2. The summed E-state index contributed by atoms with van der Waals surface area (Å²) in [6.45, 7) is 0.783. The Labute approximate surface area is 112 Å². The van der Waals surface area contributed by atoms with Gasteiger partial charge in [-0.05, 0) is 30.5 Å². The highest BCUT2D eigenvalue weighted by molar-refractivity contribution is 5.29. The largest absolute Gasteiger partial charge is 0.469 e. The number of nitriles is 1. The molecule has 0 aromatic carbocycles. The molecule has 0 bridgehead atoms. The summed E-state index contributed by atoms with van der Waals surface area (Å²) in [5, 5.41) is 12.5. The molecule has 1 N–H and O–H groups in total. The number of hydrogen-bond acceptors (Lipinski definition) is 3. The van der Waals surface area contributed by atoms with Gasteiger partial charge in [0.1, 0.15) is 17.5 Å². The van der Waals surface area contributed by atoms with E-state index in [2.05, 4.69) is 17.5 Å². The van der Waals surface area contributed by atoms with E-state index in [1.54, 1.807) is 6.26 Å². The standard InChI is InChI=1S/C15H17N3O/c1-18-10-11(7-12(18)8-16)9-17-14-3-2-4-15-13(14)5-6-19-15/h5-7,10,14,17H,2-4,9H2,1H3. The summed E-state index contributed by atoms with van der Waals surface area (Å²) in [5.41, 5.74) is 3.14. The highest BCUT2D eigenvalue weighted by Crippen LogP contribution is 2.30. The molecule has 0 amide bonds. The maximum Gasteiger partial charge on any atom is 0.120 e. The molecule has 19 heavy (non-hydrogen) atoms. The van der Waals surface area contributed by atoms with Crippen LogP contribution in [0.15, 0.2) is 29.0 Å². The van der Waals surface area contributed by atoms with E-state index in [-0.39, 0.29) is 0 Å². The fourth-order valence-corrected chi connectivity index (χ4v) is 2.78. The number of aryl methyl sites for hydroxylation is 2. The number of hydrogen-bond donors (Lipinski definition) is 1. The Morgan fingerprint density at radius 2 is 2.47 bits per heavy atom. The SMILES string of the molecule is Cn1cc(CNC2CCCc3occc32)cc1C#N. The number of nitrogens with one attached hydrogen (secondary N) is 1. The highest BCUT2D eigenvalue weighted by Gasteiger charge is 2.22. The Morgan fingerprint density at radius 1 is 1.58 bits per heavy atom. The number of fused-ring (bicyclic) bond motifs is 1. The fraction of sp³-hybridized carbons (Fsp3) is 0.400. The molecule has 2 heterocycles. The van der Waals surface area contributed by atoms with Crippen molar-refractivity contribution in [2.24, 2.45) is 7.05 Å². The Morgan fingerprint density at radius 3 is 3.26 bits per heavy atom. The van der Waals surface area contributed by atoms with E-state index < -0.39 is 0 Å². The van der Waals surface area contributed by atoms with E-state index in [1.807, 2.05) is 23.9 Å². The van der Waals surface area contributed by atoms with E-state index in [4.69, 9.17) is 9.68 Å². The maximum atomic E-state index is 8.95. The van der Waals surface area contributed by atoms with Crippen LogP contribution in [0.2, 0.25) is 0 Å². The molecular formula is C15H17N3O. The van der Waals surface area contributed by atoms with E-state index in [0.717, 1.165) is 37.1 Å². The average molecular weight is 255 g/mol. The van der Waals surface area contributed by atoms with Gasteiger partial charge >= 0.3 is 0 Å². The van der Waals surface area contributed by atoms with Crippen molar-refractivity contribution in [1.82, 2.24) is 9.88 Å². The molecule has 1 atom stereocenters. The predicted molar refractivity (Wildman–Crippen MR) is 71.4 cm³/mol. The quantitative estimate of drug-likeness (QED) is 0.917. The highest BCUT2D eigenvalue weighted by atomic mass is 16.3. The van der Waals surface area contributed by atoms with Crippen molar-refractivity contribution in [1.29, 1.82) is 5.26 Å². The van der Waals surface area contributed by atoms with Crippen LogP contribution in [0.5, 0.6) is 0 Å². The first-order valence-electron chi connectivity index (χ1n) is 6.63. The van der Waals surface area contributed by atoms with Gasteiger partial charge in [-0.25, -0.2) is 0 Å². The monoisotopic (exact) mass is 255 g/mol. The molecule has 1 aliphatic rings. The molecule has 0 radical (unpaired) electrons. The first-order valence-corrected chi connectivity index (χ1v) is 6.63. The smallest absolute Gasteiger partial charge is 0.120 e. The lowest BCUT2D eigenvalue weighted by Crippen LogP contribution is -2.23. The predicted octanol–water partition coefficient (Wildman–Crippen LogP) is 2.66. The molecule has 0 saturated heterocycles. The maximum absolute atomic E-state index is 8.95.